The highest BCUT2D eigenvalue weighted by Gasteiger charge is 2.24. The Morgan fingerprint density at radius 1 is 0.944 bits per heavy atom. The van der Waals surface area contributed by atoms with Gasteiger partial charge >= 0.3 is 0 Å². The first-order chi connectivity index (χ1) is 8.81. The summed E-state index contributed by atoms with van der Waals surface area (Å²) in [6.45, 7) is 4.16. The van der Waals surface area contributed by atoms with Gasteiger partial charge in [-0.25, -0.2) is 0 Å². The van der Waals surface area contributed by atoms with Crippen LogP contribution in [0.25, 0.3) is 0 Å². The van der Waals surface area contributed by atoms with E-state index in [0.717, 1.165) is 22.9 Å². The number of nitrogens with zero attached hydrogens (tertiary/aromatic N) is 1. The van der Waals surface area contributed by atoms with Gasteiger partial charge in [0.1, 0.15) is 0 Å². The first-order valence-corrected chi connectivity index (χ1v) is 6.10. The highest BCUT2D eigenvalue weighted by Crippen LogP contribution is 2.47. The van der Waals surface area contributed by atoms with Crippen LogP contribution in [0.3, 0.4) is 0 Å². The molecule has 0 spiro atoms. The van der Waals surface area contributed by atoms with Gasteiger partial charge in [-0.1, -0.05) is 30.3 Å². The molecule has 2 aromatic rings. The number of hydrogen-bond acceptors (Lipinski definition) is 2. The minimum absolute atomic E-state index is 0.900. The molecule has 2 nitrogen and oxygen atoms in total. The zero-order valence-electron chi connectivity index (χ0n) is 10.6. The first-order valence-electron chi connectivity index (χ1n) is 6.10. The third-order valence-corrected chi connectivity index (χ3v) is 3.20. The van der Waals surface area contributed by atoms with Gasteiger partial charge in [0.25, 0.3) is 0 Å². The Balaban J connectivity index is 2.24. The minimum Gasteiger partial charge on any atom is -0.453 e. The summed E-state index contributed by atoms with van der Waals surface area (Å²) in [5.41, 5.74) is 3.37. The molecule has 0 N–H and O–H groups in total. The lowest BCUT2D eigenvalue weighted by Gasteiger charge is -2.33. The molecular formula is C16H15NO. The molecule has 1 aliphatic heterocycles. The summed E-state index contributed by atoms with van der Waals surface area (Å²) in [5, 5.41) is 0. The average molecular weight is 237 g/mol. The molecule has 2 heteroatoms. The van der Waals surface area contributed by atoms with Crippen LogP contribution in [-0.2, 0) is 0 Å². The van der Waals surface area contributed by atoms with E-state index in [9.17, 15) is 0 Å². The Bertz CT molecular complexity index is 570. The topological polar surface area (TPSA) is 12.5 Å². The Morgan fingerprint density at radius 3 is 1.94 bits per heavy atom. The van der Waals surface area contributed by atoms with Crippen LogP contribution in [0.15, 0.2) is 60.3 Å². The number of allylic oxidation sites excluding steroid dienone is 2. The lowest BCUT2D eigenvalue weighted by atomic mass is 10.1. The summed E-state index contributed by atoms with van der Waals surface area (Å²) < 4.78 is 5.93. The van der Waals surface area contributed by atoms with Crippen LogP contribution in [0.5, 0.6) is 11.5 Å². The number of anilines is 2. The second-order valence-corrected chi connectivity index (χ2v) is 4.30. The van der Waals surface area contributed by atoms with Crippen molar-refractivity contribution in [1.29, 1.82) is 0 Å². The fourth-order valence-corrected chi connectivity index (χ4v) is 2.21. The van der Waals surface area contributed by atoms with Crippen LogP contribution in [-0.4, -0.2) is 0 Å². The van der Waals surface area contributed by atoms with Gasteiger partial charge in [0.05, 0.1) is 11.4 Å². The molecule has 0 saturated heterocycles. The predicted molar refractivity (Wildman–Crippen MR) is 74.5 cm³/mol. The molecule has 90 valence electrons. The quantitative estimate of drug-likeness (QED) is 0.702. The molecule has 0 unspecified atom stereocenters. The Labute approximate surface area is 107 Å². The average Bonchev–Trinajstić information content (AvgIpc) is 2.44. The summed E-state index contributed by atoms with van der Waals surface area (Å²) in [7, 11) is 0. The summed E-state index contributed by atoms with van der Waals surface area (Å²) >= 11 is 0. The fraction of sp³-hybridized carbons (Fsp3) is 0.125. The molecule has 0 amide bonds. The van der Waals surface area contributed by atoms with E-state index in [2.05, 4.69) is 37.0 Å². The van der Waals surface area contributed by atoms with Gasteiger partial charge in [-0.2, -0.15) is 0 Å². The van der Waals surface area contributed by atoms with Crippen molar-refractivity contribution in [3.8, 4) is 11.5 Å². The normalized spacial score (nSPS) is 13.7. The summed E-state index contributed by atoms with van der Waals surface area (Å²) in [4.78, 5) is 2.23. The highest BCUT2D eigenvalue weighted by molar-refractivity contribution is 5.80. The van der Waals surface area contributed by atoms with Crippen LogP contribution in [0.1, 0.15) is 13.8 Å². The number of para-hydroxylation sites is 4. The van der Waals surface area contributed by atoms with Gasteiger partial charge in [-0.05, 0) is 38.1 Å². The van der Waals surface area contributed by atoms with Gasteiger partial charge in [0.2, 0.25) is 0 Å². The van der Waals surface area contributed by atoms with Crippen molar-refractivity contribution in [2.75, 3.05) is 4.90 Å². The zero-order chi connectivity index (χ0) is 12.5. The van der Waals surface area contributed by atoms with Crippen LogP contribution in [0, 0.1) is 0 Å². The zero-order valence-corrected chi connectivity index (χ0v) is 10.6. The first kappa shape index (κ1) is 10.9. The number of rotatable bonds is 1. The number of hydrogen-bond donors (Lipinski definition) is 0. The maximum Gasteiger partial charge on any atom is 0.151 e. The van der Waals surface area contributed by atoms with Crippen molar-refractivity contribution in [1.82, 2.24) is 0 Å². The van der Waals surface area contributed by atoms with Gasteiger partial charge in [0.15, 0.2) is 11.5 Å². The van der Waals surface area contributed by atoms with Crippen molar-refractivity contribution in [2.24, 2.45) is 0 Å². The summed E-state index contributed by atoms with van der Waals surface area (Å²) in [5.74, 6) is 1.80. The van der Waals surface area contributed by atoms with Gasteiger partial charge < -0.3 is 9.64 Å². The monoisotopic (exact) mass is 237 g/mol. The van der Waals surface area contributed by atoms with Gasteiger partial charge in [-0.3, -0.25) is 0 Å². The molecule has 2 aromatic carbocycles. The smallest absolute Gasteiger partial charge is 0.151 e. The van der Waals surface area contributed by atoms with Crippen molar-refractivity contribution >= 4 is 11.4 Å². The molecule has 18 heavy (non-hydrogen) atoms. The summed E-state index contributed by atoms with van der Waals surface area (Å²) in [6, 6.07) is 16.2. The highest BCUT2D eigenvalue weighted by atomic mass is 16.5. The molecule has 0 aliphatic carbocycles. The van der Waals surface area contributed by atoms with E-state index in [0.29, 0.717) is 0 Å². The van der Waals surface area contributed by atoms with E-state index in [-0.39, 0.29) is 0 Å². The van der Waals surface area contributed by atoms with Crippen molar-refractivity contribution in [2.45, 2.75) is 13.8 Å². The van der Waals surface area contributed by atoms with Crippen LogP contribution >= 0.6 is 0 Å². The van der Waals surface area contributed by atoms with Crippen LogP contribution < -0.4 is 9.64 Å². The standard InChI is InChI=1S/C16H15NO/c1-3-12(2)17-13-8-4-6-10-15(13)18-16-11-7-5-9-14(16)17/h3-11H,1-2H3/b12-3+. The maximum absolute atomic E-state index is 5.93. The van der Waals surface area contributed by atoms with Gasteiger partial charge in [-0.15, -0.1) is 0 Å². The lowest BCUT2D eigenvalue weighted by molar-refractivity contribution is 0.476. The second-order valence-electron chi connectivity index (χ2n) is 4.30. The van der Waals surface area contributed by atoms with Crippen molar-refractivity contribution in [3.63, 3.8) is 0 Å². The molecule has 0 fully saturated rings. The molecular weight excluding hydrogens is 222 g/mol. The molecule has 3 rings (SSSR count). The van der Waals surface area contributed by atoms with E-state index in [1.54, 1.807) is 0 Å². The third-order valence-electron chi connectivity index (χ3n) is 3.20. The Hall–Kier alpha value is -2.22. The number of fused-ring (bicyclic) bond motifs is 2. The SMILES string of the molecule is C/C=C(\C)N1c2ccccc2Oc2ccccc21. The number of ether oxygens (including phenoxy) is 1. The largest absolute Gasteiger partial charge is 0.453 e. The van der Waals surface area contributed by atoms with Crippen LogP contribution in [0.2, 0.25) is 0 Å². The third kappa shape index (κ3) is 1.58. The lowest BCUT2D eigenvalue weighted by Crippen LogP contribution is -2.18. The molecule has 0 atom stereocenters. The van der Waals surface area contributed by atoms with E-state index in [1.165, 1.54) is 5.70 Å². The van der Waals surface area contributed by atoms with Crippen molar-refractivity contribution in [3.05, 3.63) is 60.3 Å². The van der Waals surface area contributed by atoms with Crippen LogP contribution in [0.4, 0.5) is 11.4 Å². The van der Waals surface area contributed by atoms with Crippen molar-refractivity contribution < 1.29 is 4.74 Å². The van der Waals surface area contributed by atoms with E-state index >= 15 is 0 Å². The predicted octanol–water partition coefficient (Wildman–Crippen LogP) is 4.85. The Kier molecular flexibility index (Phi) is 2.56. The number of benzene rings is 2. The van der Waals surface area contributed by atoms with E-state index in [4.69, 9.17) is 4.74 Å². The van der Waals surface area contributed by atoms with Gasteiger partial charge in [0, 0.05) is 5.70 Å². The minimum atomic E-state index is 0.900. The molecule has 0 aromatic heterocycles. The molecule has 0 bridgehead atoms. The van der Waals surface area contributed by atoms with E-state index < -0.39 is 0 Å². The Morgan fingerprint density at radius 2 is 1.44 bits per heavy atom. The molecule has 0 saturated carbocycles. The molecule has 1 aliphatic rings. The van der Waals surface area contributed by atoms with E-state index in [1.807, 2.05) is 36.4 Å². The maximum atomic E-state index is 5.93. The molecule has 0 radical (unpaired) electrons. The second kappa shape index (κ2) is 4.22. The summed E-state index contributed by atoms with van der Waals surface area (Å²) in [6.07, 6.45) is 2.11. The molecule has 1 heterocycles. The fourth-order valence-electron chi connectivity index (χ4n) is 2.21.